The van der Waals surface area contributed by atoms with Crippen molar-refractivity contribution in [1.29, 1.82) is 0 Å². The molecule has 0 spiro atoms. The van der Waals surface area contributed by atoms with E-state index < -0.39 is 0 Å². The second kappa shape index (κ2) is 8.45. The van der Waals surface area contributed by atoms with Gasteiger partial charge in [-0.1, -0.05) is 18.2 Å². The maximum Gasteiger partial charge on any atom is 0.161 e. The molecule has 0 aliphatic carbocycles. The van der Waals surface area contributed by atoms with E-state index in [4.69, 9.17) is 23.7 Å². The smallest absolute Gasteiger partial charge is 0.161 e. The summed E-state index contributed by atoms with van der Waals surface area (Å²) in [4.78, 5) is 0. The predicted molar refractivity (Wildman–Crippen MR) is 90.4 cm³/mol. The quantitative estimate of drug-likeness (QED) is 0.742. The summed E-state index contributed by atoms with van der Waals surface area (Å²) < 4.78 is 28.6. The van der Waals surface area contributed by atoms with Crippen LogP contribution >= 0.6 is 0 Å². The normalized spacial score (nSPS) is 15.9. The van der Waals surface area contributed by atoms with E-state index in [1.54, 1.807) is 0 Å². The van der Waals surface area contributed by atoms with Gasteiger partial charge in [0.25, 0.3) is 0 Å². The summed E-state index contributed by atoms with van der Waals surface area (Å²) in [5.74, 6) is 2.85. The number of hydrogen-bond donors (Lipinski definition) is 0. The SMILES string of the molecule is Cc1ccc2c(c1)OCCOCCOc1ccccc1OCCO2. The summed E-state index contributed by atoms with van der Waals surface area (Å²) in [6.07, 6.45) is 0. The van der Waals surface area contributed by atoms with Gasteiger partial charge in [0.2, 0.25) is 0 Å². The fraction of sp³-hybridized carbons (Fsp3) is 0.368. The molecule has 5 nitrogen and oxygen atoms in total. The Balaban J connectivity index is 1.70. The van der Waals surface area contributed by atoms with Gasteiger partial charge >= 0.3 is 0 Å². The highest BCUT2D eigenvalue weighted by Crippen LogP contribution is 2.29. The van der Waals surface area contributed by atoms with Gasteiger partial charge in [-0.2, -0.15) is 0 Å². The number of ether oxygens (including phenoxy) is 5. The summed E-state index contributed by atoms with van der Waals surface area (Å²) in [7, 11) is 0. The van der Waals surface area contributed by atoms with Crippen LogP contribution in [0.2, 0.25) is 0 Å². The Kier molecular flexibility index (Phi) is 5.80. The van der Waals surface area contributed by atoms with Gasteiger partial charge < -0.3 is 23.7 Å². The Bertz CT molecular complexity index is 656. The summed E-state index contributed by atoms with van der Waals surface area (Å²) in [5.41, 5.74) is 1.12. The van der Waals surface area contributed by atoms with Crippen LogP contribution < -0.4 is 18.9 Å². The molecule has 128 valence electrons. The molecule has 1 aliphatic rings. The first-order valence-corrected chi connectivity index (χ1v) is 8.11. The molecule has 2 aromatic carbocycles. The van der Waals surface area contributed by atoms with Gasteiger partial charge in [-0.15, -0.1) is 0 Å². The van der Waals surface area contributed by atoms with E-state index in [0.717, 1.165) is 11.3 Å². The van der Waals surface area contributed by atoms with Crippen LogP contribution in [0.4, 0.5) is 0 Å². The van der Waals surface area contributed by atoms with E-state index in [2.05, 4.69) is 0 Å². The van der Waals surface area contributed by atoms with Gasteiger partial charge in [0.1, 0.15) is 26.4 Å². The van der Waals surface area contributed by atoms with Crippen molar-refractivity contribution in [3.05, 3.63) is 48.0 Å². The lowest BCUT2D eigenvalue weighted by Gasteiger charge is -2.14. The monoisotopic (exact) mass is 330 g/mol. The van der Waals surface area contributed by atoms with Crippen LogP contribution in [0.5, 0.6) is 23.0 Å². The highest BCUT2D eigenvalue weighted by Gasteiger charge is 2.08. The lowest BCUT2D eigenvalue weighted by molar-refractivity contribution is 0.0754. The van der Waals surface area contributed by atoms with Crippen LogP contribution in [-0.4, -0.2) is 39.6 Å². The van der Waals surface area contributed by atoms with Gasteiger partial charge in [0.05, 0.1) is 13.2 Å². The van der Waals surface area contributed by atoms with Gasteiger partial charge in [-0.3, -0.25) is 0 Å². The number of hydrogen-bond acceptors (Lipinski definition) is 5. The van der Waals surface area contributed by atoms with Crippen molar-refractivity contribution < 1.29 is 23.7 Å². The molecule has 24 heavy (non-hydrogen) atoms. The zero-order valence-electron chi connectivity index (χ0n) is 13.8. The zero-order chi connectivity index (χ0) is 16.6. The zero-order valence-corrected chi connectivity index (χ0v) is 13.8. The number of benzene rings is 2. The molecule has 0 saturated carbocycles. The van der Waals surface area contributed by atoms with Crippen LogP contribution in [-0.2, 0) is 4.74 Å². The fourth-order valence-electron chi connectivity index (χ4n) is 2.36. The molecule has 5 heteroatoms. The van der Waals surface area contributed by atoms with E-state index in [1.807, 2.05) is 49.4 Å². The van der Waals surface area contributed by atoms with Crippen molar-refractivity contribution >= 4 is 0 Å². The molecule has 0 aromatic heterocycles. The second-order valence-corrected chi connectivity index (χ2v) is 5.40. The molecule has 1 heterocycles. The third kappa shape index (κ3) is 4.55. The summed E-state index contributed by atoms with van der Waals surface area (Å²) in [6, 6.07) is 13.5. The molecule has 2 aromatic rings. The van der Waals surface area contributed by atoms with E-state index in [-0.39, 0.29) is 0 Å². The highest BCUT2D eigenvalue weighted by atomic mass is 16.6. The van der Waals surface area contributed by atoms with Crippen LogP contribution in [0, 0.1) is 6.92 Å². The van der Waals surface area contributed by atoms with Crippen LogP contribution in [0.25, 0.3) is 0 Å². The molecule has 0 N–H and O–H groups in total. The molecule has 0 fully saturated rings. The minimum Gasteiger partial charge on any atom is -0.487 e. The molecule has 0 amide bonds. The molecule has 0 saturated heterocycles. The van der Waals surface area contributed by atoms with E-state index >= 15 is 0 Å². The van der Waals surface area contributed by atoms with E-state index in [9.17, 15) is 0 Å². The van der Waals surface area contributed by atoms with Crippen molar-refractivity contribution in [1.82, 2.24) is 0 Å². The predicted octanol–water partition coefficient (Wildman–Crippen LogP) is 3.24. The molecule has 0 bridgehead atoms. The van der Waals surface area contributed by atoms with Crippen LogP contribution in [0.1, 0.15) is 5.56 Å². The largest absolute Gasteiger partial charge is 0.487 e. The number of rotatable bonds is 0. The number of fused-ring (bicyclic) bond motifs is 2. The summed E-state index contributed by atoms with van der Waals surface area (Å²) in [5, 5.41) is 0. The van der Waals surface area contributed by atoms with Crippen molar-refractivity contribution in [3.63, 3.8) is 0 Å². The summed E-state index contributed by atoms with van der Waals surface area (Å²) >= 11 is 0. The first-order valence-electron chi connectivity index (χ1n) is 8.11. The minimum atomic E-state index is 0.421. The van der Waals surface area contributed by atoms with Gasteiger partial charge in [0.15, 0.2) is 23.0 Å². The average Bonchev–Trinajstić information content (AvgIpc) is 2.60. The number of para-hydroxylation sites is 2. The maximum absolute atomic E-state index is 5.80. The Morgan fingerprint density at radius 3 is 1.71 bits per heavy atom. The Labute approximate surface area is 142 Å². The van der Waals surface area contributed by atoms with Crippen LogP contribution in [0.3, 0.4) is 0 Å². The first-order chi connectivity index (χ1) is 11.8. The molecular weight excluding hydrogens is 308 g/mol. The Morgan fingerprint density at radius 1 is 0.583 bits per heavy atom. The third-order valence-corrected chi connectivity index (χ3v) is 3.52. The maximum atomic E-state index is 5.80. The topological polar surface area (TPSA) is 46.2 Å². The van der Waals surface area contributed by atoms with Gasteiger partial charge in [-0.05, 0) is 36.8 Å². The van der Waals surface area contributed by atoms with Crippen molar-refractivity contribution in [2.75, 3.05) is 39.6 Å². The number of aryl methyl sites for hydroxylation is 1. The van der Waals surface area contributed by atoms with E-state index in [0.29, 0.717) is 56.9 Å². The minimum absolute atomic E-state index is 0.421. The molecule has 0 radical (unpaired) electrons. The molecule has 3 rings (SSSR count). The second-order valence-electron chi connectivity index (χ2n) is 5.40. The molecular formula is C19H22O5. The highest BCUT2D eigenvalue weighted by molar-refractivity contribution is 5.42. The molecule has 0 unspecified atom stereocenters. The lowest BCUT2D eigenvalue weighted by Crippen LogP contribution is -2.12. The van der Waals surface area contributed by atoms with Crippen LogP contribution in [0.15, 0.2) is 42.5 Å². The van der Waals surface area contributed by atoms with Crippen molar-refractivity contribution in [2.45, 2.75) is 6.92 Å². The van der Waals surface area contributed by atoms with Gasteiger partial charge in [0, 0.05) is 0 Å². The van der Waals surface area contributed by atoms with E-state index in [1.165, 1.54) is 0 Å². The molecule has 0 atom stereocenters. The molecule has 1 aliphatic heterocycles. The Hall–Kier alpha value is -2.40. The van der Waals surface area contributed by atoms with Gasteiger partial charge in [-0.25, -0.2) is 0 Å². The Morgan fingerprint density at radius 2 is 1.08 bits per heavy atom. The standard InChI is InChI=1S/C19H22O5/c1-15-6-7-18-19(14-15)24-11-9-20-8-10-21-16-4-2-3-5-17(16)22-12-13-23-18/h2-7,14H,8-13H2,1H3. The fourth-order valence-corrected chi connectivity index (χ4v) is 2.36. The van der Waals surface area contributed by atoms with Crippen molar-refractivity contribution in [2.24, 2.45) is 0 Å². The first kappa shape index (κ1) is 16.5. The third-order valence-electron chi connectivity index (χ3n) is 3.52. The van der Waals surface area contributed by atoms with Crippen molar-refractivity contribution in [3.8, 4) is 23.0 Å². The average molecular weight is 330 g/mol. The lowest BCUT2D eigenvalue weighted by atomic mass is 10.2. The summed E-state index contributed by atoms with van der Waals surface area (Å²) in [6.45, 7) is 4.78.